The topological polar surface area (TPSA) is 0 Å². The van der Waals surface area contributed by atoms with Crippen molar-refractivity contribution in [3.05, 3.63) is 0 Å². The minimum atomic E-state index is -0.928. The summed E-state index contributed by atoms with van der Waals surface area (Å²) in [6.07, 6.45) is 3.41. The summed E-state index contributed by atoms with van der Waals surface area (Å²) in [4.78, 5) is 0. The third-order valence-electron chi connectivity index (χ3n) is 1.82. The molecule has 0 spiro atoms. The van der Waals surface area contributed by atoms with Crippen LogP contribution in [0.25, 0.3) is 0 Å². The summed E-state index contributed by atoms with van der Waals surface area (Å²) in [7, 11) is 0. The lowest BCUT2D eigenvalue weighted by Crippen LogP contribution is -2.15. The molecule has 0 nitrogen and oxygen atoms in total. The molecule has 0 N–H and O–H groups in total. The maximum Gasteiger partial charge on any atom is 0.108 e. The fourth-order valence-corrected chi connectivity index (χ4v) is 1.16. The zero-order valence-corrected chi connectivity index (χ0v) is 8.38. The van der Waals surface area contributed by atoms with Crippen LogP contribution in [0.2, 0.25) is 0 Å². The second kappa shape index (κ2) is 5.11. The van der Waals surface area contributed by atoms with Crippen LogP contribution in [0.3, 0.4) is 0 Å². The highest BCUT2D eigenvalue weighted by atomic mass is 79.9. The Morgan fingerprint density at radius 3 is 2.40 bits per heavy atom. The first-order valence-corrected chi connectivity index (χ1v) is 4.99. The normalized spacial score (nSPS) is 16.8. The van der Waals surface area contributed by atoms with Gasteiger partial charge in [-0.3, -0.25) is 0 Å². The van der Waals surface area contributed by atoms with Crippen molar-refractivity contribution >= 4 is 15.9 Å². The highest BCUT2D eigenvalue weighted by molar-refractivity contribution is 9.09. The van der Waals surface area contributed by atoms with E-state index in [-0.39, 0.29) is 0 Å². The molecule has 0 aromatic rings. The first-order valence-electron chi connectivity index (χ1n) is 3.87. The molecular formula is C8H16BrF. The third kappa shape index (κ3) is 5.21. The van der Waals surface area contributed by atoms with Crippen molar-refractivity contribution in [3.8, 4) is 0 Å². The lowest BCUT2D eigenvalue weighted by atomic mass is 9.99. The number of unbranched alkanes of at least 4 members (excludes halogenated alkanes) is 1. The Morgan fingerprint density at radius 2 is 2.00 bits per heavy atom. The molecule has 0 bridgehead atoms. The molecule has 0 radical (unpaired) electrons. The Hall–Kier alpha value is 0.410. The Balaban J connectivity index is 3.28. The molecular weight excluding hydrogens is 195 g/mol. The van der Waals surface area contributed by atoms with E-state index in [0.717, 1.165) is 18.2 Å². The van der Waals surface area contributed by atoms with E-state index in [0.29, 0.717) is 12.8 Å². The molecule has 0 aliphatic rings. The second-order valence-corrected chi connectivity index (χ2v) is 3.71. The largest absolute Gasteiger partial charge is 0.244 e. The minimum Gasteiger partial charge on any atom is -0.244 e. The van der Waals surface area contributed by atoms with Crippen molar-refractivity contribution in [2.75, 3.05) is 5.33 Å². The second-order valence-electron chi connectivity index (χ2n) is 2.91. The Morgan fingerprint density at radius 1 is 1.40 bits per heavy atom. The lowest BCUT2D eigenvalue weighted by molar-refractivity contribution is 0.165. The number of halogens is 2. The molecule has 0 rings (SSSR count). The van der Waals surface area contributed by atoms with Crippen LogP contribution in [0.1, 0.15) is 39.5 Å². The minimum absolute atomic E-state index is 0.634. The maximum atomic E-state index is 13.1. The van der Waals surface area contributed by atoms with Crippen LogP contribution < -0.4 is 0 Å². The Labute approximate surface area is 71.3 Å². The molecule has 0 heterocycles. The average molecular weight is 211 g/mol. The molecule has 1 unspecified atom stereocenters. The smallest absolute Gasteiger partial charge is 0.108 e. The predicted molar refractivity (Wildman–Crippen MR) is 47.4 cm³/mol. The van der Waals surface area contributed by atoms with Gasteiger partial charge >= 0.3 is 0 Å². The maximum absolute atomic E-state index is 13.1. The quantitative estimate of drug-likeness (QED) is 0.480. The van der Waals surface area contributed by atoms with E-state index >= 15 is 0 Å². The summed E-state index contributed by atoms with van der Waals surface area (Å²) in [5, 5.41) is 0.993. The number of hydrogen-bond acceptors (Lipinski definition) is 0. The molecule has 0 aliphatic carbocycles. The first kappa shape index (κ1) is 10.4. The molecule has 62 valence electrons. The van der Waals surface area contributed by atoms with Crippen molar-refractivity contribution in [1.29, 1.82) is 0 Å². The third-order valence-corrected chi connectivity index (χ3v) is 2.38. The predicted octanol–water partition coefficient (Wildman–Crippen LogP) is 3.69. The number of rotatable bonds is 5. The van der Waals surface area contributed by atoms with Crippen LogP contribution in [-0.4, -0.2) is 11.0 Å². The zero-order valence-electron chi connectivity index (χ0n) is 6.79. The molecule has 0 fully saturated rings. The summed E-state index contributed by atoms with van der Waals surface area (Å²) in [5.41, 5.74) is -0.928. The zero-order chi connectivity index (χ0) is 8.04. The van der Waals surface area contributed by atoms with Gasteiger partial charge < -0.3 is 0 Å². The van der Waals surface area contributed by atoms with Crippen LogP contribution in [0.15, 0.2) is 0 Å². The molecule has 10 heavy (non-hydrogen) atoms. The molecule has 0 aromatic carbocycles. The Kier molecular flexibility index (Phi) is 5.32. The molecule has 2 heteroatoms. The van der Waals surface area contributed by atoms with Gasteiger partial charge in [0.05, 0.1) is 0 Å². The molecule has 1 atom stereocenters. The van der Waals surface area contributed by atoms with E-state index in [4.69, 9.17) is 0 Å². The van der Waals surface area contributed by atoms with Crippen molar-refractivity contribution < 1.29 is 4.39 Å². The van der Waals surface area contributed by atoms with Gasteiger partial charge in [0.1, 0.15) is 5.67 Å². The van der Waals surface area contributed by atoms with Crippen LogP contribution in [0.5, 0.6) is 0 Å². The fourth-order valence-electron chi connectivity index (χ4n) is 0.765. The van der Waals surface area contributed by atoms with E-state index in [1.807, 2.05) is 6.92 Å². The molecule has 0 saturated carbocycles. The van der Waals surface area contributed by atoms with Crippen LogP contribution >= 0.6 is 15.9 Å². The summed E-state index contributed by atoms with van der Waals surface area (Å²) in [6, 6.07) is 0. The molecule has 0 aliphatic heterocycles. The van der Waals surface area contributed by atoms with Gasteiger partial charge in [-0.15, -0.1) is 0 Å². The highest BCUT2D eigenvalue weighted by Gasteiger charge is 2.18. The monoisotopic (exact) mass is 210 g/mol. The van der Waals surface area contributed by atoms with Crippen LogP contribution in [0.4, 0.5) is 4.39 Å². The SMILES string of the molecule is CCC(C)(F)CCCCBr. The number of hydrogen-bond donors (Lipinski definition) is 0. The van der Waals surface area contributed by atoms with Crippen molar-refractivity contribution in [2.24, 2.45) is 0 Å². The van der Waals surface area contributed by atoms with Gasteiger partial charge in [0, 0.05) is 5.33 Å². The van der Waals surface area contributed by atoms with Gasteiger partial charge in [-0.1, -0.05) is 22.9 Å². The van der Waals surface area contributed by atoms with Crippen LogP contribution in [0, 0.1) is 0 Å². The fraction of sp³-hybridized carbons (Fsp3) is 1.00. The van der Waals surface area contributed by atoms with Crippen molar-refractivity contribution in [2.45, 2.75) is 45.2 Å². The van der Waals surface area contributed by atoms with Gasteiger partial charge in [-0.05, 0) is 32.6 Å². The summed E-state index contributed by atoms with van der Waals surface area (Å²) in [6.45, 7) is 3.58. The first-order chi connectivity index (χ1) is 4.62. The van der Waals surface area contributed by atoms with Crippen molar-refractivity contribution in [1.82, 2.24) is 0 Å². The van der Waals surface area contributed by atoms with E-state index in [2.05, 4.69) is 15.9 Å². The van der Waals surface area contributed by atoms with E-state index in [1.54, 1.807) is 6.92 Å². The highest BCUT2D eigenvalue weighted by Crippen LogP contribution is 2.22. The summed E-state index contributed by atoms with van der Waals surface area (Å²) in [5.74, 6) is 0. The van der Waals surface area contributed by atoms with Gasteiger partial charge in [0.25, 0.3) is 0 Å². The van der Waals surface area contributed by atoms with Crippen molar-refractivity contribution in [3.63, 3.8) is 0 Å². The van der Waals surface area contributed by atoms with E-state index in [9.17, 15) is 4.39 Å². The van der Waals surface area contributed by atoms with E-state index < -0.39 is 5.67 Å². The van der Waals surface area contributed by atoms with E-state index in [1.165, 1.54) is 0 Å². The van der Waals surface area contributed by atoms with Gasteiger partial charge in [-0.2, -0.15) is 0 Å². The standard InChI is InChI=1S/C8H16BrF/c1-3-8(2,10)6-4-5-7-9/h3-7H2,1-2H3. The van der Waals surface area contributed by atoms with Gasteiger partial charge in [0.15, 0.2) is 0 Å². The Bertz CT molecular complexity index is 81.3. The van der Waals surface area contributed by atoms with Crippen LogP contribution in [-0.2, 0) is 0 Å². The lowest BCUT2D eigenvalue weighted by Gasteiger charge is -2.16. The summed E-state index contributed by atoms with van der Waals surface area (Å²) >= 11 is 3.32. The van der Waals surface area contributed by atoms with Gasteiger partial charge in [0.2, 0.25) is 0 Å². The molecule has 0 saturated heterocycles. The molecule has 0 aromatic heterocycles. The summed E-state index contributed by atoms with van der Waals surface area (Å²) < 4.78 is 13.1. The van der Waals surface area contributed by atoms with Gasteiger partial charge in [-0.25, -0.2) is 4.39 Å². The number of alkyl halides is 2. The molecule has 0 amide bonds. The average Bonchev–Trinajstić information content (AvgIpc) is 1.89.